The van der Waals surface area contributed by atoms with E-state index in [1.165, 1.54) is 0 Å². The lowest BCUT2D eigenvalue weighted by molar-refractivity contribution is -0.121. The van der Waals surface area contributed by atoms with Crippen molar-refractivity contribution < 1.29 is 9.18 Å². The van der Waals surface area contributed by atoms with Crippen molar-refractivity contribution in [1.29, 1.82) is 0 Å². The normalized spacial score (nSPS) is 19.4. The first kappa shape index (κ1) is 17.0. The van der Waals surface area contributed by atoms with E-state index in [0.717, 1.165) is 30.4 Å². The number of halogens is 2. The second-order valence-corrected chi connectivity index (χ2v) is 7.03. The van der Waals surface area contributed by atoms with Crippen LogP contribution in [-0.2, 0) is 4.79 Å². The van der Waals surface area contributed by atoms with Gasteiger partial charge in [-0.15, -0.1) is 0 Å². The molecule has 0 bridgehead atoms. The lowest BCUT2D eigenvalue weighted by Gasteiger charge is -2.16. The molecule has 3 heterocycles. The fourth-order valence-corrected chi connectivity index (χ4v) is 3.05. The summed E-state index contributed by atoms with van der Waals surface area (Å²) in [6, 6.07) is 1.45. The first-order valence-corrected chi connectivity index (χ1v) is 8.87. The van der Waals surface area contributed by atoms with E-state index in [2.05, 4.69) is 30.9 Å². The van der Waals surface area contributed by atoms with Crippen LogP contribution < -0.4 is 16.0 Å². The molecule has 1 aliphatic heterocycles. The van der Waals surface area contributed by atoms with Crippen LogP contribution in [0.25, 0.3) is 0 Å². The predicted molar refractivity (Wildman–Crippen MR) is 95.8 cm³/mol. The van der Waals surface area contributed by atoms with Crippen molar-refractivity contribution in [3.05, 3.63) is 40.7 Å². The average molecular weight is 377 g/mol. The van der Waals surface area contributed by atoms with E-state index in [0.29, 0.717) is 17.4 Å². The van der Waals surface area contributed by atoms with E-state index in [4.69, 9.17) is 11.6 Å². The number of fused-ring (bicyclic) bond motifs is 1. The third kappa shape index (κ3) is 3.41. The van der Waals surface area contributed by atoms with Gasteiger partial charge in [-0.25, -0.2) is 19.3 Å². The van der Waals surface area contributed by atoms with Gasteiger partial charge in [0.05, 0.1) is 17.1 Å². The van der Waals surface area contributed by atoms with Gasteiger partial charge in [-0.3, -0.25) is 4.79 Å². The molecular weight excluding hydrogens is 359 g/mol. The van der Waals surface area contributed by atoms with E-state index in [9.17, 15) is 9.18 Å². The molecule has 0 saturated heterocycles. The molecule has 0 radical (unpaired) electrons. The highest BCUT2D eigenvalue weighted by Gasteiger charge is 2.29. The molecule has 2 atom stereocenters. The fraction of sp³-hybridized carbons (Fsp3) is 0.412. The van der Waals surface area contributed by atoms with Gasteiger partial charge >= 0.3 is 0 Å². The summed E-state index contributed by atoms with van der Waals surface area (Å²) in [7, 11) is 0. The van der Waals surface area contributed by atoms with E-state index in [1.807, 2.05) is 0 Å². The highest BCUT2D eigenvalue weighted by Crippen LogP contribution is 2.35. The lowest BCUT2D eigenvalue weighted by atomic mass is 10.0. The van der Waals surface area contributed by atoms with Crippen molar-refractivity contribution >= 4 is 29.1 Å². The number of carbonyl (C=O) groups excluding carboxylic acids is 1. The molecule has 136 valence electrons. The largest absolute Gasteiger partial charge is 0.369 e. The highest BCUT2D eigenvalue weighted by molar-refractivity contribution is 6.30. The molecule has 0 aromatic carbocycles. The minimum absolute atomic E-state index is 0.0110. The van der Waals surface area contributed by atoms with Crippen molar-refractivity contribution in [3.8, 4) is 0 Å². The summed E-state index contributed by atoms with van der Waals surface area (Å²) in [5, 5.41) is 9.41. The minimum atomic E-state index is -0.602. The number of aromatic nitrogens is 3. The topological polar surface area (TPSA) is 91.8 Å². The first-order chi connectivity index (χ1) is 12.5. The Bertz CT molecular complexity index is 859. The summed E-state index contributed by atoms with van der Waals surface area (Å²) in [5.41, 5.74) is 0.870. The van der Waals surface area contributed by atoms with Gasteiger partial charge in [-0.05, 0) is 25.8 Å². The first-order valence-electron chi connectivity index (χ1n) is 8.50. The SMILES string of the molecule is C[C@H](Nc1nc(C2CNc3ncc(Cl)cc32)ncc1F)C(=O)NC1CC1. The zero-order valence-electron chi connectivity index (χ0n) is 14.1. The second kappa shape index (κ2) is 6.68. The van der Waals surface area contributed by atoms with Crippen LogP contribution in [0.5, 0.6) is 0 Å². The van der Waals surface area contributed by atoms with Gasteiger partial charge < -0.3 is 16.0 Å². The predicted octanol–water partition coefficient (Wildman–Crippen LogP) is 2.30. The quantitative estimate of drug-likeness (QED) is 0.741. The van der Waals surface area contributed by atoms with Crippen LogP contribution in [0.4, 0.5) is 16.0 Å². The van der Waals surface area contributed by atoms with Crippen molar-refractivity contribution in [3.63, 3.8) is 0 Å². The Balaban J connectivity index is 1.55. The number of pyridine rings is 1. The van der Waals surface area contributed by atoms with Crippen LogP contribution >= 0.6 is 11.6 Å². The van der Waals surface area contributed by atoms with E-state index in [-0.39, 0.29) is 23.7 Å². The lowest BCUT2D eigenvalue weighted by Crippen LogP contribution is -2.39. The zero-order valence-corrected chi connectivity index (χ0v) is 14.8. The van der Waals surface area contributed by atoms with Crippen LogP contribution in [0.1, 0.15) is 37.1 Å². The van der Waals surface area contributed by atoms with Gasteiger partial charge in [0.2, 0.25) is 5.91 Å². The number of nitrogens with one attached hydrogen (secondary N) is 3. The van der Waals surface area contributed by atoms with Gasteiger partial charge in [0.1, 0.15) is 17.7 Å². The number of hydrogen-bond acceptors (Lipinski definition) is 6. The fourth-order valence-electron chi connectivity index (χ4n) is 2.88. The number of hydrogen-bond donors (Lipinski definition) is 3. The number of carbonyl (C=O) groups is 1. The summed E-state index contributed by atoms with van der Waals surface area (Å²) in [5.74, 6) is 0.217. The maximum atomic E-state index is 14.1. The Labute approximate surface area is 154 Å². The molecule has 0 spiro atoms. The molecule has 4 rings (SSSR count). The molecule has 26 heavy (non-hydrogen) atoms. The van der Waals surface area contributed by atoms with E-state index < -0.39 is 11.9 Å². The van der Waals surface area contributed by atoms with E-state index >= 15 is 0 Å². The summed E-state index contributed by atoms with van der Waals surface area (Å²) in [4.78, 5) is 24.8. The maximum Gasteiger partial charge on any atom is 0.242 e. The molecule has 1 unspecified atom stereocenters. The Morgan fingerprint density at radius 1 is 1.38 bits per heavy atom. The Kier molecular flexibility index (Phi) is 4.36. The van der Waals surface area contributed by atoms with Crippen molar-refractivity contribution in [2.24, 2.45) is 0 Å². The van der Waals surface area contributed by atoms with Crippen molar-refractivity contribution in [2.75, 3.05) is 17.2 Å². The third-order valence-electron chi connectivity index (χ3n) is 4.48. The van der Waals surface area contributed by atoms with Gasteiger partial charge in [0, 0.05) is 24.3 Å². The van der Waals surface area contributed by atoms with Gasteiger partial charge in [-0.1, -0.05) is 11.6 Å². The molecule has 1 fully saturated rings. The molecule has 2 aromatic heterocycles. The number of anilines is 2. The molecule has 3 N–H and O–H groups in total. The highest BCUT2D eigenvalue weighted by atomic mass is 35.5. The monoisotopic (exact) mass is 376 g/mol. The standard InChI is InChI=1S/C17H18ClFN6O/c1-8(17(26)24-10-2-3-10)23-16-13(19)7-22-15(25-16)12-6-21-14-11(12)4-9(18)5-20-14/h4-5,7-8,10,12H,2-3,6H2,1H3,(H,20,21)(H,24,26)(H,22,23,25)/t8-,12?/m0/s1. The van der Waals surface area contributed by atoms with Gasteiger partial charge in [0.25, 0.3) is 0 Å². The molecule has 9 heteroatoms. The maximum absolute atomic E-state index is 14.1. The summed E-state index contributed by atoms with van der Waals surface area (Å²) in [6.45, 7) is 2.22. The molecule has 7 nitrogen and oxygen atoms in total. The number of rotatable bonds is 5. The van der Waals surface area contributed by atoms with E-state index in [1.54, 1.807) is 19.2 Å². The molecule has 1 aliphatic carbocycles. The van der Waals surface area contributed by atoms with Crippen molar-refractivity contribution in [1.82, 2.24) is 20.3 Å². The number of nitrogens with zero attached hydrogens (tertiary/aromatic N) is 3. The number of amides is 1. The molecule has 1 amide bonds. The minimum Gasteiger partial charge on any atom is -0.369 e. The third-order valence-corrected chi connectivity index (χ3v) is 4.68. The smallest absolute Gasteiger partial charge is 0.242 e. The van der Waals surface area contributed by atoms with Crippen LogP contribution in [0.15, 0.2) is 18.5 Å². The molecule has 2 aliphatic rings. The summed E-state index contributed by atoms with van der Waals surface area (Å²) >= 11 is 6.04. The van der Waals surface area contributed by atoms with Gasteiger partial charge in [0.15, 0.2) is 11.6 Å². The van der Waals surface area contributed by atoms with Crippen molar-refractivity contribution in [2.45, 2.75) is 37.8 Å². The average Bonchev–Trinajstić information content (AvgIpc) is 3.33. The van der Waals surface area contributed by atoms with Gasteiger partial charge in [-0.2, -0.15) is 0 Å². The summed E-state index contributed by atoms with van der Waals surface area (Å²) in [6.07, 6.45) is 4.67. The molecular formula is C17H18ClFN6O. The Morgan fingerprint density at radius 2 is 2.19 bits per heavy atom. The Hall–Kier alpha value is -2.48. The summed E-state index contributed by atoms with van der Waals surface area (Å²) < 4.78 is 14.1. The Morgan fingerprint density at radius 3 is 2.96 bits per heavy atom. The second-order valence-electron chi connectivity index (χ2n) is 6.60. The van der Waals surface area contributed by atoms with Crippen LogP contribution in [0.2, 0.25) is 5.02 Å². The van der Waals surface area contributed by atoms with Crippen LogP contribution in [-0.4, -0.2) is 39.5 Å². The molecule has 1 saturated carbocycles. The van der Waals surface area contributed by atoms with Crippen LogP contribution in [0.3, 0.4) is 0 Å². The van der Waals surface area contributed by atoms with Crippen LogP contribution in [0, 0.1) is 5.82 Å². The molecule has 2 aromatic rings. The zero-order chi connectivity index (χ0) is 18.3.